The van der Waals surface area contributed by atoms with Crippen LogP contribution < -0.4 is 4.74 Å². The van der Waals surface area contributed by atoms with Crippen LogP contribution in [0.5, 0.6) is 11.5 Å². The van der Waals surface area contributed by atoms with Crippen molar-refractivity contribution >= 4 is 5.78 Å². The highest BCUT2D eigenvalue weighted by molar-refractivity contribution is 5.87. The molecular weight excluding hydrogens is 260 g/mol. The van der Waals surface area contributed by atoms with E-state index in [-0.39, 0.29) is 5.78 Å². The lowest BCUT2D eigenvalue weighted by molar-refractivity contribution is -0.112. The van der Waals surface area contributed by atoms with E-state index in [1.54, 1.807) is 13.0 Å². The molecular formula is C19H20O2. The quantitative estimate of drug-likeness (QED) is 0.700. The van der Waals surface area contributed by atoms with Crippen molar-refractivity contribution in [3.8, 4) is 11.5 Å². The Labute approximate surface area is 126 Å². The fourth-order valence-corrected chi connectivity index (χ4v) is 2.11. The van der Waals surface area contributed by atoms with Gasteiger partial charge in [-0.3, -0.25) is 4.79 Å². The molecule has 0 aliphatic carbocycles. The first-order chi connectivity index (χ1) is 10.1. The molecule has 108 valence electrons. The van der Waals surface area contributed by atoms with Crippen molar-refractivity contribution in [2.45, 2.75) is 26.7 Å². The highest BCUT2D eigenvalue weighted by Gasteiger charge is 1.99. The van der Waals surface area contributed by atoms with Gasteiger partial charge in [0.1, 0.15) is 11.5 Å². The summed E-state index contributed by atoms with van der Waals surface area (Å²) in [6, 6.07) is 17.8. The number of allylic oxidation sites excluding steroid dienone is 2. The van der Waals surface area contributed by atoms with Gasteiger partial charge in [0.15, 0.2) is 5.78 Å². The van der Waals surface area contributed by atoms with Gasteiger partial charge in [0.2, 0.25) is 0 Å². The van der Waals surface area contributed by atoms with Gasteiger partial charge in [0.25, 0.3) is 0 Å². The molecule has 0 bridgehead atoms. The van der Waals surface area contributed by atoms with Crippen molar-refractivity contribution < 1.29 is 9.53 Å². The van der Waals surface area contributed by atoms with Gasteiger partial charge < -0.3 is 4.74 Å². The van der Waals surface area contributed by atoms with Gasteiger partial charge in [-0.15, -0.1) is 0 Å². The zero-order valence-electron chi connectivity index (χ0n) is 12.5. The van der Waals surface area contributed by atoms with Crippen LogP contribution in [0.3, 0.4) is 0 Å². The van der Waals surface area contributed by atoms with Crippen LogP contribution in [0.1, 0.15) is 25.8 Å². The second kappa shape index (κ2) is 7.44. The largest absolute Gasteiger partial charge is 0.457 e. The Balaban J connectivity index is 1.92. The maximum Gasteiger partial charge on any atom is 0.152 e. The van der Waals surface area contributed by atoms with Crippen molar-refractivity contribution in [3.05, 3.63) is 71.8 Å². The van der Waals surface area contributed by atoms with Crippen molar-refractivity contribution in [1.82, 2.24) is 0 Å². The number of benzene rings is 2. The van der Waals surface area contributed by atoms with Gasteiger partial charge >= 0.3 is 0 Å². The monoisotopic (exact) mass is 280 g/mol. The molecule has 2 nitrogen and oxygen atoms in total. The summed E-state index contributed by atoms with van der Waals surface area (Å²) in [7, 11) is 0. The summed E-state index contributed by atoms with van der Waals surface area (Å²) < 4.78 is 5.76. The van der Waals surface area contributed by atoms with Gasteiger partial charge in [-0.05, 0) is 62.6 Å². The fourth-order valence-electron chi connectivity index (χ4n) is 2.11. The number of ketones is 1. The third-order valence-electron chi connectivity index (χ3n) is 3.16. The van der Waals surface area contributed by atoms with E-state index in [0.29, 0.717) is 0 Å². The summed E-state index contributed by atoms with van der Waals surface area (Å²) >= 11 is 0. The van der Waals surface area contributed by atoms with Crippen LogP contribution in [-0.4, -0.2) is 5.78 Å². The highest BCUT2D eigenvalue weighted by atomic mass is 16.5. The molecule has 0 saturated heterocycles. The topological polar surface area (TPSA) is 26.3 Å². The van der Waals surface area contributed by atoms with Gasteiger partial charge in [0, 0.05) is 0 Å². The number of carbonyl (C=O) groups excluding carboxylic acids is 1. The summed E-state index contributed by atoms with van der Waals surface area (Å²) in [5.74, 6) is 1.78. The van der Waals surface area contributed by atoms with Crippen LogP contribution >= 0.6 is 0 Å². The second-order valence-corrected chi connectivity index (χ2v) is 5.16. The second-order valence-electron chi connectivity index (χ2n) is 5.16. The van der Waals surface area contributed by atoms with Crippen molar-refractivity contribution in [2.24, 2.45) is 0 Å². The Morgan fingerprint density at radius 3 is 2.19 bits per heavy atom. The zero-order chi connectivity index (χ0) is 15.1. The Hall–Kier alpha value is -2.35. The summed E-state index contributed by atoms with van der Waals surface area (Å²) in [5, 5.41) is 0. The number of hydrogen-bond acceptors (Lipinski definition) is 2. The van der Waals surface area contributed by atoms with Crippen LogP contribution in [-0.2, 0) is 11.2 Å². The van der Waals surface area contributed by atoms with Gasteiger partial charge in [-0.25, -0.2) is 0 Å². The SMILES string of the molecule is CC(=O)C=C(C)CCc1ccc(Oc2ccccc2)cc1. The number of para-hydroxylation sites is 1. The smallest absolute Gasteiger partial charge is 0.152 e. The molecule has 2 heteroatoms. The van der Waals surface area contributed by atoms with E-state index in [1.165, 1.54) is 5.56 Å². The van der Waals surface area contributed by atoms with E-state index >= 15 is 0 Å². The molecule has 0 radical (unpaired) electrons. The molecule has 0 spiro atoms. The third kappa shape index (κ3) is 5.27. The lowest BCUT2D eigenvalue weighted by Crippen LogP contribution is -1.90. The van der Waals surface area contributed by atoms with Gasteiger partial charge in [0.05, 0.1) is 0 Å². The van der Waals surface area contributed by atoms with Crippen LogP contribution in [0.2, 0.25) is 0 Å². The first kappa shape index (κ1) is 15.0. The molecule has 2 aromatic rings. The molecule has 0 aromatic heterocycles. The van der Waals surface area contributed by atoms with E-state index < -0.39 is 0 Å². The molecule has 21 heavy (non-hydrogen) atoms. The minimum atomic E-state index is 0.110. The molecule has 0 N–H and O–H groups in total. The first-order valence-corrected chi connectivity index (χ1v) is 7.13. The van der Waals surface area contributed by atoms with E-state index in [0.717, 1.165) is 29.9 Å². The first-order valence-electron chi connectivity index (χ1n) is 7.13. The Bertz CT molecular complexity index is 610. The highest BCUT2D eigenvalue weighted by Crippen LogP contribution is 2.21. The molecule has 0 fully saturated rings. The average molecular weight is 280 g/mol. The summed E-state index contributed by atoms with van der Waals surface area (Å²) in [6.45, 7) is 3.58. The molecule has 0 heterocycles. The van der Waals surface area contributed by atoms with Crippen LogP contribution in [0.4, 0.5) is 0 Å². The fraction of sp³-hybridized carbons (Fsp3) is 0.211. The van der Waals surface area contributed by atoms with Crippen molar-refractivity contribution in [3.63, 3.8) is 0 Å². The van der Waals surface area contributed by atoms with Crippen LogP contribution in [0, 0.1) is 0 Å². The predicted molar refractivity (Wildman–Crippen MR) is 85.7 cm³/mol. The number of rotatable bonds is 6. The van der Waals surface area contributed by atoms with Gasteiger partial charge in [-0.1, -0.05) is 35.9 Å². The van der Waals surface area contributed by atoms with E-state index in [1.807, 2.05) is 49.4 Å². The summed E-state index contributed by atoms with van der Waals surface area (Å²) in [5.41, 5.74) is 2.36. The third-order valence-corrected chi connectivity index (χ3v) is 3.16. The summed E-state index contributed by atoms with van der Waals surface area (Å²) in [6.07, 6.45) is 3.53. The normalized spacial score (nSPS) is 11.2. The molecule has 0 aliphatic rings. The molecule has 2 rings (SSSR count). The maximum atomic E-state index is 11.0. The molecule has 2 aromatic carbocycles. The Morgan fingerprint density at radius 2 is 1.57 bits per heavy atom. The van der Waals surface area contributed by atoms with Crippen LogP contribution in [0.15, 0.2) is 66.2 Å². The molecule has 0 amide bonds. The number of aryl methyl sites for hydroxylation is 1. The average Bonchev–Trinajstić information content (AvgIpc) is 2.47. The molecule has 0 aliphatic heterocycles. The van der Waals surface area contributed by atoms with E-state index in [4.69, 9.17) is 4.74 Å². The zero-order valence-corrected chi connectivity index (χ0v) is 12.5. The predicted octanol–water partition coefficient (Wildman–Crippen LogP) is 4.95. The van der Waals surface area contributed by atoms with E-state index in [9.17, 15) is 4.79 Å². The summed E-state index contributed by atoms with van der Waals surface area (Å²) in [4.78, 5) is 11.0. The number of hydrogen-bond donors (Lipinski definition) is 0. The number of carbonyl (C=O) groups is 1. The molecule has 0 atom stereocenters. The van der Waals surface area contributed by atoms with E-state index in [2.05, 4.69) is 12.1 Å². The van der Waals surface area contributed by atoms with Crippen molar-refractivity contribution in [2.75, 3.05) is 0 Å². The molecule has 0 unspecified atom stereocenters. The lowest BCUT2D eigenvalue weighted by Gasteiger charge is -2.07. The van der Waals surface area contributed by atoms with Gasteiger partial charge in [-0.2, -0.15) is 0 Å². The lowest BCUT2D eigenvalue weighted by atomic mass is 10.0. The number of ether oxygens (including phenoxy) is 1. The Kier molecular flexibility index (Phi) is 5.33. The molecule has 0 saturated carbocycles. The Morgan fingerprint density at radius 1 is 0.952 bits per heavy atom. The van der Waals surface area contributed by atoms with Crippen LogP contribution in [0.25, 0.3) is 0 Å². The minimum Gasteiger partial charge on any atom is -0.457 e. The standard InChI is InChI=1S/C19H20O2/c1-15(14-16(2)20)8-9-17-10-12-19(13-11-17)21-18-6-4-3-5-7-18/h3-7,10-14H,8-9H2,1-2H3. The minimum absolute atomic E-state index is 0.110. The van der Waals surface area contributed by atoms with Crippen molar-refractivity contribution in [1.29, 1.82) is 0 Å². The maximum absolute atomic E-state index is 11.0.